The number of thiophene rings is 1. The van der Waals surface area contributed by atoms with Gasteiger partial charge in [0, 0.05) is 35.1 Å². The highest BCUT2D eigenvalue weighted by Gasteiger charge is 2.50. The number of hydrogen-bond acceptors (Lipinski definition) is 9. The standard InChI is InChI=1S/C25H22ClN7O2S/c1-33-10-12-14(8-25(33)6-7-25)30-23(26)31-22(12)35-16-9-27-18-13(29-16)2-3-15-17(18)19-20(36-15)21(34)32-24(4-5-24)11-28-19/h2-3,9,28H,4-8,10-11H2,1H3,(H,32,34). The van der Waals surface area contributed by atoms with Gasteiger partial charge in [0.25, 0.3) is 5.91 Å². The van der Waals surface area contributed by atoms with Gasteiger partial charge in [-0.25, -0.2) is 15.0 Å². The molecule has 2 saturated carbocycles. The number of nitrogens with zero attached hydrogens (tertiary/aromatic N) is 5. The molecule has 4 aromatic rings. The van der Waals surface area contributed by atoms with E-state index >= 15 is 0 Å². The Morgan fingerprint density at radius 2 is 2.03 bits per heavy atom. The van der Waals surface area contributed by atoms with Crippen LogP contribution in [0, 0.1) is 0 Å². The summed E-state index contributed by atoms with van der Waals surface area (Å²) < 4.78 is 7.17. The lowest BCUT2D eigenvalue weighted by molar-refractivity contribution is 0.0942. The maximum Gasteiger partial charge on any atom is 0.264 e. The van der Waals surface area contributed by atoms with Crippen LogP contribution in [0.25, 0.3) is 21.1 Å². The van der Waals surface area contributed by atoms with Crippen molar-refractivity contribution in [2.24, 2.45) is 0 Å². The highest BCUT2D eigenvalue weighted by Crippen LogP contribution is 2.49. The van der Waals surface area contributed by atoms with Gasteiger partial charge in [-0.1, -0.05) is 0 Å². The molecule has 0 radical (unpaired) electrons. The van der Waals surface area contributed by atoms with Crippen molar-refractivity contribution in [2.75, 3.05) is 18.9 Å². The average Bonchev–Trinajstić information content (AvgIpc) is 3.77. The molecule has 9 nitrogen and oxygen atoms in total. The number of halogens is 1. The number of nitrogens with one attached hydrogen (secondary N) is 2. The van der Waals surface area contributed by atoms with Gasteiger partial charge in [0.1, 0.15) is 4.88 Å². The van der Waals surface area contributed by atoms with Gasteiger partial charge >= 0.3 is 0 Å². The van der Waals surface area contributed by atoms with Gasteiger partial charge in [0.05, 0.1) is 39.7 Å². The topological polar surface area (TPSA) is 105 Å². The van der Waals surface area contributed by atoms with E-state index in [1.807, 2.05) is 12.1 Å². The molecule has 2 aliphatic heterocycles. The first-order valence-electron chi connectivity index (χ1n) is 12.2. The van der Waals surface area contributed by atoms with E-state index in [1.54, 1.807) is 6.20 Å². The van der Waals surface area contributed by atoms with Gasteiger partial charge in [0.15, 0.2) is 0 Å². The fourth-order valence-electron chi connectivity index (χ4n) is 5.60. The van der Waals surface area contributed by atoms with Crippen LogP contribution in [-0.2, 0) is 13.0 Å². The summed E-state index contributed by atoms with van der Waals surface area (Å²) >= 11 is 7.76. The van der Waals surface area contributed by atoms with Crippen LogP contribution in [0.3, 0.4) is 0 Å². The summed E-state index contributed by atoms with van der Waals surface area (Å²) in [6.45, 7) is 1.43. The van der Waals surface area contributed by atoms with Gasteiger partial charge in [0.2, 0.25) is 17.0 Å². The molecule has 5 heterocycles. The summed E-state index contributed by atoms with van der Waals surface area (Å²) in [5, 5.41) is 7.83. The summed E-state index contributed by atoms with van der Waals surface area (Å²) in [6.07, 6.45) is 6.83. The van der Waals surface area contributed by atoms with E-state index < -0.39 is 0 Å². The lowest BCUT2D eigenvalue weighted by atomic mass is 9.98. The third-order valence-corrected chi connectivity index (χ3v) is 9.46. The van der Waals surface area contributed by atoms with Crippen LogP contribution in [0.4, 0.5) is 5.69 Å². The predicted molar refractivity (Wildman–Crippen MR) is 137 cm³/mol. The molecule has 4 aliphatic rings. The molecule has 0 unspecified atom stereocenters. The van der Waals surface area contributed by atoms with Crippen LogP contribution in [-0.4, -0.2) is 55.4 Å². The maximum atomic E-state index is 12.9. The van der Waals surface area contributed by atoms with Crippen molar-refractivity contribution in [3.63, 3.8) is 0 Å². The number of likely N-dealkylation sites (N-methyl/N-ethyl adjacent to an activating group) is 1. The van der Waals surface area contributed by atoms with Gasteiger partial charge in [-0.3, -0.25) is 9.69 Å². The predicted octanol–water partition coefficient (Wildman–Crippen LogP) is 4.29. The van der Waals surface area contributed by atoms with Crippen LogP contribution in [0.5, 0.6) is 11.8 Å². The van der Waals surface area contributed by atoms with Crippen LogP contribution in [0.15, 0.2) is 18.3 Å². The number of benzene rings is 1. The van der Waals surface area contributed by atoms with Crippen molar-refractivity contribution in [3.05, 3.63) is 39.7 Å². The third kappa shape index (κ3) is 3.07. The molecule has 1 amide bonds. The second-order valence-electron chi connectivity index (χ2n) is 10.5. The molecule has 2 aliphatic carbocycles. The van der Waals surface area contributed by atoms with E-state index in [1.165, 1.54) is 24.2 Å². The fraction of sp³-hybridized carbons (Fsp3) is 0.400. The Labute approximate surface area is 215 Å². The quantitative estimate of drug-likeness (QED) is 0.378. The highest BCUT2D eigenvalue weighted by molar-refractivity contribution is 7.21. The SMILES string of the molecule is CN1Cc2c(nc(Cl)nc2Oc2cnc3c(ccc4sc5c(c43)NCC3(CC3)NC5=O)n2)CC12CC2. The summed E-state index contributed by atoms with van der Waals surface area (Å²) in [5.41, 5.74) is 4.28. The van der Waals surface area contributed by atoms with Gasteiger partial charge in [-0.15, -0.1) is 11.3 Å². The number of fused-ring (bicyclic) bond motifs is 6. The Kier molecular flexibility index (Phi) is 4.11. The first-order valence-corrected chi connectivity index (χ1v) is 13.3. The van der Waals surface area contributed by atoms with Crippen molar-refractivity contribution in [1.29, 1.82) is 0 Å². The number of amides is 1. The molecule has 1 aromatic carbocycles. The minimum Gasteiger partial charge on any atom is -0.418 e. The number of ether oxygens (including phenoxy) is 1. The molecule has 8 rings (SSSR count). The minimum absolute atomic E-state index is 0.0156. The van der Waals surface area contributed by atoms with Crippen molar-refractivity contribution < 1.29 is 9.53 Å². The van der Waals surface area contributed by atoms with Crippen LogP contribution in [0.1, 0.15) is 46.6 Å². The van der Waals surface area contributed by atoms with Crippen molar-refractivity contribution in [1.82, 2.24) is 30.2 Å². The first kappa shape index (κ1) is 21.0. The lowest BCUT2D eigenvalue weighted by Gasteiger charge is -2.34. The first-order chi connectivity index (χ1) is 17.4. The summed E-state index contributed by atoms with van der Waals surface area (Å²) in [7, 11) is 2.14. The van der Waals surface area contributed by atoms with Crippen LogP contribution in [0.2, 0.25) is 5.28 Å². The lowest BCUT2D eigenvalue weighted by Crippen LogP contribution is -2.40. The minimum atomic E-state index is -0.107. The molecule has 182 valence electrons. The zero-order chi connectivity index (χ0) is 24.2. The number of rotatable bonds is 2. The smallest absolute Gasteiger partial charge is 0.264 e. The number of hydrogen-bond donors (Lipinski definition) is 2. The van der Waals surface area contributed by atoms with Crippen LogP contribution >= 0.6 is 22.9 Å². The maximum absolute atomic E-state index is 12.9. The highest BCUT2D eigenvalue weighted by atomic mass is 35.5. The summed E-state index contributed by atoms with van der Waals surface area (Å²) in [6, 6.07) is 3.91. The fourth-order valence-corrected chi connectivity index (χ4v) is 6.86. The summed E-state index contributed by atoms with van der Waals surface area (Å²) in [4.78, 5) is 34.3. The largest absolute Gasteiger partial charge is 0.418 e. The number of aromatic nitrogens is 4. The molecule has 3 aromatic heterocycles. The van der Waals surface area contributed by atoms with E-state index in [0.29, 0.717) is 28.7 Å². The molecule has 11 heteroatoms. The number of anilines is 1. The molecular formula is C25H22ClN7O2S. The van der Waals surface area contributed by atoms with Gasteiger partial charge < -0.3 is 15.4 Å². The van der Waals surface area contributed by atoms with E-state index in [-0.39, 0.29) is 22.3 Å². The monoisotopic (exact) mass is 519 g/mol. The number of carbonyl (C=O) groups is 1. The van der Waals surface area contributed by atoms with Crippen molar-refractivity contribution in [2.45, 2.75) is 49.7 Å². The Morgan fingerprint density at radius 1 is 1.17 bits per heavy atom. The molecular weight excluding hydrogens is 498 g/mol. The second kappa shape index (κ2) is 7.02. The van der Waals surface area contributed by atoms with E-state index in [0.717, 1.165) is 58.4 Å². The molecule has 0 saturated heterocycles. The van der Waals surface area contributed by atoms with E-state index in [2.05, 4.69) is 32.5 Å². The van der Waals surface area contributed by atoms with Crippen LogP contribution < -0.4 is 15.4 Å². The normalized spacial score (nSPS) is 21.1. The van der Waals surface area contributed by atoms with E-state index in [9.17, 15) is 4.79 Å². The third-order valence-electron chi connectivity index (χ3n) is 8.14. The molecule has 2 spiro atoms. The number of carbonyl (C=O) groups excluding carboxylic acids is 1. The van der Waals surface area contributed by atoms with E-state index in [4.69, 9.17) is 26.3 Å². The average molecular weight is 520 g/mol. The van der Waals surface area contributed by atoms with Crippen molar-refractivity contribution >= 4 is 55.7 Å². The van der Waals surface area contributed by atoms with Gasteiger partial charge in [-0.2, -0.15) is 4.98 Å². The molecule has 2 N–H and O–H groups in total. The molecule has 36 heavy (non-hydrogen) atoms. The zero-order valence-electron chi connectivity index (χ0n) is 19.5. The zero-order valence-corrected chi connectivity index (χ0v) is 21.1. The molecule has 2 fully saturated rings. The second-order valence-corrected chi connectivity index (χ2v) is 11.9. The molecule has 0 bridgehead atoms. The molecule has 0 atom stereocenters. The van der Waals surface area contributed by atoms with Crippen molar-refractivity contribution in [3.8, 4) is 11.8 Å². The Bertz CT molecular complexity index is 1630. The Hall–Kier alpha value is -3.08. The summed E-state index contributed by atoms with van der Waals surface area (Å²) in [5.74, 6) is 0.759. The Balaban J connectivity index is 1.19. The Morgan fingerprint density at radius 3 is 2.83 bits per heavy atom. The van der Waals surface area contributed by atoms with Gasteiger partial charge in [-0.05, 0) is 56.5 Å².